The molecule has 0 amide bonds. The minimum atomic E-state index is 0.0658. The lowest BCUT2D eigenvalue weighted by molar-refractivity contribution is 0.418. The maximum atomic E-state index is 6.11. The maximum absolute atomic E-state index is 6.11. The number of hydrogen-bond acceptors (Lipinski definition) is 3. The lowest BCUT2D eigenvalue weighted by Crippen LogP contribution is -2.35. The van der Waals surface area contributed by atoms with E-state index in [2.05, 4.69) is 36.1 Å². The van der Waals surface area contributed by atoms with Crippen LogP contribution < -0.4 is 5.32 Å². The smallest absolute Gasteiger partial charge is 0.120 e. The number of rotatable bonds is 3. The summed E-state index contributed by atoms with van der Waals surface area (Å²) < 4.78 is 1.36. The number of nitrogens with zero attached hydrogens (tertiary/aromatic N) is 1. The lowest BCUT2D eigenvalue weighted by atomic mass is 10.1. The van der Waals surface area contributed by atoms with Crippen molar-refractivity contribution in [3.63, 3.8) is 0 Å². The van der Waals surface area contributed by atoms with E-state index in [0.29, 0.717) is 15.2 Å². The molecule has 0 saturated carbocycles. The van der Waals surface area contributed by atoms with E-state index < -0.39 is 0 Å². The molecule has 2 aromatic rings. The second kappa shape index (κ2) is 5.21. The summed E-state index contributed by atoms with van der Waals surface area (Å²) in [7, 11) is 0. The molecular formula is C12H15Cl2N3S. The number of hydrogen-bond donors (Lipinski definition) is 2. The number of halogens is 2. The van der Waals surface area contributed by atoms with Gasteiger partial charge < -0.3 is 10.3 Å². The quantitative estimate of drug-likeness (QED) is 0.886. The molecule has 0 unspecified atom stereocenters. The first-order valence-electron chi connectivity index (χ1n) is 5.59. The van der Waals surface area contributed by atoms with E-state index >= 15 is 0 Å². The molecule has 0 saturated heterocycles. The third-order valence-corrected chi connectivity index (χ3v) is 3.85. The zero-order valence-corrected chi connectivity index (χ0v) is 12.8. The molecule has 0 radical (unpaired) electrons. The normalized spacial score (nSPS) is 12.1. The van der Waals surface area contributed by atoms with Crippen molar-refractivity contribution in [2.45, 2.75) is 32.9 Å². The monoisotopic (exact) mass is 303 g/mol. The summed E-state index contributed by atoms with van der Waals surface area (Å²) in [5, 5.41) is 3.37. The van der Waals surface area contributed by atoms with Gasteiger partial charge in [-0.1, -0.05) is 23.2 Å². The molecule has 0 fully saturated rings. The van der Waals surface area contributed by atoms with E-state index in [1.165, 1.54) is 11.3 Å². The van der Waals surface area contributed by atoms with Gasteiger partial charge in [0.1, 0.15) is 10.2 Å². The standard InChI is InChI=1S/C12H15Cl2N3S/c1-12(2,3)16-6-10-15-5-8(17-10)7-4-9(13)18-11(7)14/h4-5,16H,6H2,1-3H3,(H,15,17). The van der Waals surface area contributed by atoms with E-state index in [0.717, 1.165) is 17.1 Å². The van der Waals surface area contributed by atoms with Crippen LogP contribution in [0, 0.1) is 0 Å². The van der Waals surface area contributed by atoms with E-state index in [1.807, 2.05) is 6.07 Å². The van der Waals surface area contributed by atoms with Crippen LogP contribution in [0.15, 0.2) is 12.3 Å². The topological polar surface area (TPSA) is 40.7 Å². The summed E-state index contributed by atoms with van der Waals surface area (Å²) in [5.74, 6) is 0.887. The zero-order chi connectivity index (χ0) is 13.3. The molecule has 2 N–H and O–H groups in total. The number of thiophene rings is 1. The summed E-state index contributed by atoms with van der Waals surface area (Å²) in [6.45, 7) is 7.05. The fourth-order valence-electron chi connectivity index (χ4n) is 1.46. The first kappa shape index (κ1) is 13.9. The molecule has 0 aliphatic rings. The Morgan fingerprint density at radius 1 is 1.39 bits per heavy atom. The Bertz CT molecular complexity index is 540. The third kappa shape index (κ3) is 3.48. The van der Waals surface area contributed by atoms with Crippen LogP contribution in [0.3, 0.4) is 0 Å². The highest BCUT2D eigenvalue weighted by atomic mass is 35.5. The summed E-state index contributed by atoms with van der Waals surface area (Å²) in [4.78, 5) is 7.58. The third-order valence-electron chi connectivity index (χ3n) is 2.36. The van der Waals surface area contributed by atoms with Crippen molar-refractivity contribution in [1.29, 1.82) is 0 Å². The molecule has 0 aliphatic heterocycles. The minimum Gasteiger partial charge on any atom is -0.341 e. The van der Waals surface area contributed by atoms with Crippen molar-refractivity contribution in [2.75, 3.05) is 0 Å². The van der Waals surface area contributed by atoms with Gasteiger partial charge in [-0.25, -0.2) is 4.98 Å². The summed E-state index contributed by atoms with van der Waals surface area (Å²) in [6.07, 6.45) is 1.78. The van der Waals surface area contributed by atoms with Gasteiger partial charge in [0.25, 0.3) is 0 Å². The van der Waals surface area contributed by atoms with Gasteiger partial charge in [-0.2, -0.15) is 0 Å². The molecule has 0 atom stereocenters. The van der Waals surface area contributed by atoms with Gasteiger partial charge in [0.15, 0.2) is 0 Å². The van der Waals surface area contributed by atoms with Crippen molar-refractivity contribution < 1.29 is 0 Å². The Morgan fingerprint density at radius 2 is 2.11 bits per heavy atom. The fraction of sp³-hybridized carbons (Fsp3) is 0.417. The van der Waals surface area contributed by atoms with Gasteiger partial charge in [-0.05, 0) is 26.8 Å². The molecule has 18 heavy (non-hydrogen) atoms. The number of nitrogens with one attached hydrogen (secondary N) is 2. The molecule has 2 aromatic heterocycles. The SMILES string of the molecule is CC(C)(C)NCc1ncc(-c2cc(Cl)sc2Cl)[nH]1. The molecule has 0 bridgehead atoms. The van der Waals surface area contributed by atoms with Gasteiger partial charge in [0, 0.05) is 11.1 Å². The van der Waals surface area contributed by atoms with Gasteiger partial charge in [0.05, 0.1) is 22.8 Å². The highest BCUT2D eigenvalue weighted by Gasteiger charge is 2.13. The van der Waals surface area contributed by atoms with Crippen molar-refractivity contribution in [2.24, 2.45) is 0 Å². The van der Waals surface area contributed by atoms with E-state index in [-0.39, 0.29) is 5.54 Å². The first-order chi connectivity index (χ1) is 8.35. The van der Waals surface area contributed by atoms with Crippen LogP contribution in [-0.2, 0) is 6.54 Å². The van der Waals surface area contributed by atoms with Crippen molar-refractivity contribution in [3.8, 4) is 11.3 Å². The molecule has 98 valence electrons. The van der Waals surface area contributed by atoms with Crippen LogP contribution in [0.4, 0.5) is 0 Å². The van der Waals surface area contributed by atoms with Gasteiger partial charge in [-0.3, -0.25) is 0 Å². The second-order valence-electron chi connectivity index (χ2n) is 5.09. The number of aromatic amines is 1. The first-order valence-corrected chi connectivity index (χ1v) is 7.16. The van der Waals surface area contributed by atoms with Crippen molar-refractivity contribution in [1.82, 2.24) is 15.3 Å². The largest absolute Gasteiger partial charge is 0.341 e. The van der Waals surface area contributed by atoms with Crippen LogP contribution in [-0.4, -0.2) is 15.5 Å². The Balaban J connectivity index is 2.13. The van der Waals surface area contributed by atoms with Gasteiger partial charge in [0.2, 0.25) is 0 Å². The number of H-pyrrole nitrogens is 1. The van der Waals surface area contributed by atoms with Crippen molar-refractivity contribution >= 4 is 34.5 Å². The predicted molar refractivity (Wildman–Crippen MR) is 78.5 cm³/mol. The van der Waals surface area contributed by atoms with Crippen molar-refractivity contribution in [3.05, 3.63) is 26.8 Å². The average Bonchev–Trinajstić information content (AvgIpc) is 2.81. The maximum Gasteiger partial charge on any atom is 0.120 e. The van der Waals surface area contributed by atoms with Crippen LogP contribution in [0.1, 0.15) is 26.6 Å². The Morgan fingerprint density at radius 3 is 2.67 bits per heavy atom. The predicted octanol–water partition coefficient (Wildman–Crippen LogP) is 4.33. The number of imidazole rings is 1. The molecule has 2 rings (SSSR count). The minimum absolute atomic E-state index is 0.0658. The molecule has 2 heterocycles. The van der Waals surface area contributed by atoms with Crippen LogP contribution in [0.2, 0.25) is 8.67 Å². The van der Waals surface area contributed by atoms with Crippen LogP contribution >= 0.6 is 34.5 Å². The van der Waals surface area contributed by atoms with Crippen LogP contribution in [0.5, 0.6) is 0 Å². The molecule has 0 spiro atoms. The number of aromatic nitrogens is 2. The van der Waals surface area contributed by atoms with Gasteiger partial charge in [-0.15, -0.1) is 11.3 Å². The molecule has 6 heteroatoms. The van der Waals surface area contributed by atoms with E-state index in [1.54, 1.807) is 6.20 Å². The van der Waals surface area contributed by atoms with E-state index in [9.17, 15) is 0 Å². The van der Waals surface area contributed by atoms with Crippen LogP contribution in [0.25, 0.3) is 11.3 Å². The fourth-order valence-corrected chi connectivity index (χ4v) is 2.95. The molecular weight excluding hydrogens is 289 g/mol. The Hall–Kier alpha value is -0.550. The lowest BCUT2D eigenvalue weighted by Gasteiger charge is -2.19. The molecule has 0 aliphatic carbocycles. The Kier molecular flexibility index (Phi) is 4.02. The zero-order valence-electron chi connectivity index (χ0n) is 10.5. The Labute approximate surface area is 121 Å². The van der Waals surface area contributed by atoms with Gasteiger partial charge >= 0.3 is 0 Å². The second-order valence-corrected chi connectivity index (χ2v) is 7.37. The summed E-state index contributed by atoms with van der Waals surface area (Å²) in [6, 6.07) is 1.85. The molecule has 0 aromatic carbocycles. The summed E-state index contributed by atoms with van der Waals surface area (Å²) >= 11 is 13.4. The highest BCUT2D eigenvalue weighted by molar-refractivity contribution is 7.20. The highest BCUT2D eigenvalue weighted by Crippen LogP contribution is 2.37. The van der Waals surface area contributed by atoms with E-state index in [4.69, 9.17) is 23.2 Å². The summed E-state index contributed by atoms with van der Waals surface area (Å²) in [5.41, 5.74) is 1.87. The molecule has 3 nitrogen and oxygen atoms in total. The average molecular weight is 304 g/mol.